The first-order valence-corrected chi connectivity index (χ1v) is 6.68. The van der Waals surface area contributed by atoms with Crippen molar-refractivity contribution in [3.05, 3.63) is 0 Å². The van der Waals surface area contributed by atoms with Crippen LogP contribution in [0.5, 0.6) is 0 Å². The number of hydrogen-bond acceptors (Lipinski definition) is 4. The molecule has 1 rings (SSSR count). The zero-order valence-electron chi connectivity index (χ0n) is 11.5. The molecule has 2 unspecified atom stereocenters. The molecular weight excluding hydrogens is 234 g/mol. The Balaban J connectivity index is 2.54. The second-order valence-corrected chi connectivity index (χ2v) is 4.58. The van der Waals surface area contributed by atoms with Crippen molar-refractivity contribution >= 4 is 11.9 Å². The highest BCUT2D eigenvalue weighted by Crippen LogP contribution is 2.21. The van der Waals surface area contributed by atoms with Crippen LogP contribution in [0.15, 0.2) is 0 Å². The Bertz CT molecular complexity index is 293. The third-order valence-corrected chi connectivity index (χ3v) is 2.94. The highest BCUT2D eigenvalue weighted by atomic mass is 16.5. The van der Waals surface area contributed by atoms with Gasteiger partial charge in [-0.15, -0.1) is 0 Å². The van der Waals surface area contributed by atoms with Gasteiger partial charge in [-0.3, -0.25) is 9.59 Å². The topological polar surface area (TPSA) is 55.8 Å². The quantitative estimate of drug-likeness (QED) is 0.674. The van der Waals surface area contributed by atoms with Gasteiger partial charge in [0.15, 0.2) is 0 Å². The molecule has 5 nitrogen and oxygen atoms in total. The Kier molecular flexibility index (Phi) is 6.12. The third-order valence-electron chi connectivity index (χ3n) is 2.94. The monoisotopic (exact) mass is 257 g/mol. The average molecular weight is 257 g/mol. The average Bonchev–Trinajstić information content (AvgIpc) is 2.75. The maximum absolute atomic E-state index is 12.2. The summed E-state index contributed by atoms with van der Waals surface area (Å²) < 4.78 is 10.4. The van der Waals surface area contributed by atoms with Crippen molar-refractivity contribution in [2.45, 2.75) is 52.2 Å². The lowest BCUT2D eigenvalue weighted by molar-refractivity contribution is -0.153. The molecule has 0 N–H and O–H groups in total. The summed E-state index contributed by atoms with van der Waals surface area (Å²) in [7, 11) is 0. The summed E-state index contributed by atoms with van der Waals surface area (Å²) in [6, 6.07) is 0. The highest BCUT2D eigenvalue weighted by Gasteiger charge is 2.32. The SMILES string of the molecule is CCCN(CC(=O)OCC)C(=O)C1CCC(C)O1. The lowest BCUT2D eigenvalue weighted by Gasteiger charge is -2.24. The van der Waals surface area contributed by atoms with E-state index in [1.54, 1.807) is 11.8 Å². The number of ether oxygens (including phenoxy) is 2. The van der Waals surface area contributed by atoms with Crippen LogP contribution in [0.4, 0.5) is 0 Å². The summed E-state index contributed by atoms with van der Waals surface area (Å²) in [5.74, 6) is -0.445. The van der Waals surface area contributed by atoms with Gasteiger partial charge in [0, 0.05) is 6.54 Å². The summed E-state index contributed by atoms with van der Waals surface area (Å²) in [5, 5.41) is 0. The lowest BCUT2D eigenvalue weighted by atomic mass is 10.2. The van der Waals surface area contributed by atoms with Crippen molar-refractivity contribution < 1.29 is 19.1 Å². The van der Waals surface area contributed by atoms with Gasteiger partial charge in [-0.1, -0.05) is 6.92 Å². The van der Waals surface area contributed by atoms with Gasteiger partial charge in [0.1, 0.15) is 12.6 Å². The van der Waals surface area contributed by atoms with Crippen molar-refractivity contribution in [1.82, 2.24) is 4.90 Å². The van der Waals surface area contributed by atoms with E-state index >= 15 is 0 Å². The van der Waals surface area contributed by atoms with Crippen LogP contribution in [0, 0.1) is 0 Å². The van der Waals surface area contributed by atoms with Crippen LogP contribution in [0.25, 0.3) is 0 Å². The molecule has 1 fully saturated rings. The van der Waals surface area contributed by atoms with Crippen LogP contribution >= 0.6 is 0 Å². The van der Waals surface area contributed by atoms with Crippen LogP contribution in [-0.4, -0.2) is 48.7 Å². The van der Waals surface area contributed by atoms with Crippen LogP contribution < -0.4 is 0 Å². The van der Waals surface area contributed by atoms with Gasteiger partial charge >= 0.3 is 5.97 Å². The molecule has 1 heterocycles. The van der Waals surface area contributed by atoms with E-state index in [1.807, 2.05) is 13.8 Å². The molecule has 104 valence electrons. The van der Waals surface area contributed by atoms with Crippen LogP contribution in [0.3, 0.4) is 0 Å². The molecule has 2 atom stereocenters. The van der Waals surface area contributed by atoms with Gasteiger partial charge < -0.3 is 14.4 Å². The first-order valence-electron chi connectivity index (χ1n) is 6.68. The van der Waals surface area contributed by atoms with E-state index in [1.165, 1.54) is 0 Å². The second-order valence-electron chi connectivity index (χ2n) is 4.58. The number of nitrogens with zero attached hydrogens (tertiary/aromatic N) is 1. The Morgan fingerprint density at radius 2 is 2.06 bits per heavy atom. The summed E-state index contributed by atoms with van der Waals surface area (Å²) in [5.41, 5.74) is 0. The molecule has 1 aliphatic rings. The predicted octanol–water partition coefficient (Wildman–Crippen LogP) is 1.36. The van der Waals surface area contributed by atoms with E-state index < -0.39 is 0 Å². The first-order chi connectivity index (χ1) is 8.58. The van der Waals surface area contributed by atoms with Gasteiger partial charge in [-0.05, 0) is 33.1 Å². The van der Waals surface area contributed by atoms with E-state index in [-0.39, 0.29) is 30.6 Å². The maximum atomic E-state index is 12.2. The van der Waals surface area contributed by atoms with E-state index in [9.17, 15) is 9.59 Å². The largest absolute Gasteiger partial charge is 0.465 e. The van der Waals surface area contributed by atoms with Gasteiger partial charge in [-0.2, -0.15) is 0 Å². The lowest BCUT2D eigenvalue weighted by Crippen LogP contribution is -2.43. The number of carbonyl (C=O) groups is 2. The molecule has 0 bridgehead atoms. The minimum absolute atomic E-state index is 0.0226. The molecule has 1 amide bonds. The normalized spacial score (nSPS) is 22.8. The van der Waals surface area contributed by atoms with Gasteiger partial charge in [0.25, 0.3) is 5.91 Å². The van der Waals surface area contributed by atoms with Crippen molar-refractivity contribution in [2.24, 2.45) is 0 Å². The second kappa shape index (κ2) is 7.36. The van der Waals surface area contributed by atoms with Crippen molar-refractivity contribution in [1.29, 1.82) is 0 Å². The molecule has 5 heteroatoms. The van der Waals surface area contributed by atoms with Crippen LogP contribution in [0.1, 0.15) is 40.0 Å². The number of hydrogen-bond donors (Lipinski definition) is 0. The molecule has 0 aliphatic carbocycles. The smallest absolute Gasteiger partial charge is 0.325 e. The molecule has 0 aromatic heterocycles. The molecular formula is C13H23NO4. The standard InChI is InChI=1S/C13H23NO4/c1-4-8-14(9-12(15)17-5-2)13(16)11-7-6-10(3)18-11/h10-11H,4-9H2,1-3H3. The first kappa shape index (κ1) is 15.0. The molecule has 0 radical (unpaired) electrons. The third kappa shape index (κ3) is 4.29. The summed E-state index contributed by atoms with van der Waals surface area (Å²) in [6.07, 6.45) is 2.19. The van der Waals surface area contributed by atoms with Gasteiger partial charge in [-0.25, -0.2) is 0 Å². The van der Waals surface area contributed by atoms with E-state index in [0.717, 1.165) is 19.3 Å². The summed E-state index contributed by atoms with van der Waals surface area (Å²) in [6.45, 7) is 6.61. The zero-order valence-corrected chi connectivity index (χ0v) is 11.5. The molecule has 1 saturated heterocycles. The number of amides is 1. The Morgan fingerprint density at radius 1 is 1.33 bits per heavy atom. The van der Waals surface area contributed by atoms with Crippen molar-refractivity contribution in [3.8, 4) is 0 Å². The Labute approximate surface area is 108 Å². The number of rotatable bonds is 6. The molecule has 0 aromatic rings. The number of carbonyl (C=O) groups excluding carboxylic acids is 2. The minimum Gasteiger partial charge on any atom is -0.465 e. The maximum Gasteiger partial charge on any atom is 0.325 e. The van der Waals surface area contributed by atoms with Crippen LogP contribution in [0.2, 0.25) is 0 Å². The molecule has 0 spiro atoms. The Hall–Kier alpha value is -1.10. The predicted molar refractivity (Wildman–Crippen MR) is 67.1 cm³/mol. The van der Waals surface area contributed by atoms with Gasteiger partial charge in [0.2, 0.25) is 0 Å². The fraction of sp³-hybridized carbons (Fsp3) is 0.846. The molecule has 1 aliphatic heterocycles. The van der Waals surface area contributed by atoms with Crippen molar-refractivity contribution in [2.75, 3.05) is 19.7 Å². The van der Waals surface area contributed by atoms with Crippen molar-refractivity contribution in [3.63, 3.8) is 0 Å². The number of esters is 1. The zero-order chi connectivity index (χ0) is 13.5. The molecule has 0 aromatic carbocycles. The molecule has 18 heavy (non-hydrogen) atoms. The fourth-order valence-electron chi connectivity index (χ4n) is 2.09. The fourth-order valence-corrected chi connectivity index (χ4v) is 2.09. The summed E-state index contributed by atoms with van der Waals surface area (Å²) >= 11 is 0. The minimum atomic E-state index is -0.388. The van der Waals surface area contributed by atoms with Gasteiger partial charge in [0.05, 0.1) is 12.7 Å². The Morgan fingerprint density at radius 3 is 2.56 bits per heavy atom. The highest BCUT2D eigenvalue weighted by molar-refractivity contribution is 5.85. The van der Waals surface area contributed by atoms with Crippen LogP contribution in [-0.2, 0) is 19.1 Å². The van der Waals surface area contributed by atoms with E-state index in [4.69, 9.17) is 9.47 Å². The van der Waals surface area contributed by atoms with E-state index in [2.05, 4.69) is 0 Å². The molecule has 0 saturated carbocycles. The summed E-state index contributed by atoms with van der Waals surface area (Å²) in [4.78, 5) is 25.2. The van der Waals surface area contributed by atoms with E-state index in [0.29, 0.717) is 13.2 Å².